The molecular formula is C26H49N7O11. The Morgan fingerprint density at radius 1 is 0.977 bits per heavy atom. The fraction of sp³-hybridized carbons (Fsp3) is 0.962. The van der Waals surface area contributed by atoms with Gasteiger partial charge >= 0.3 is 0 Å². The molecule has 3 heterocycles. The number of nitrogens with one attached hydrogen (secondary N) is 4. The maximum atomic E-state index is 13.1. The summed E-state index contributed by atoms with van der Waals surface area (Å²) >= 11 is 0. The summed E-state index contributed by atoms with van der Waals surface area (Å²) < 4.78 is 24.0. The number of hydrogen-bond acceptors (Lipinski definition) is 17. The Balaban J connectivity index is 1.36. The number of likely N-dealkylation sites (N-methyl/N-ethyl adjacent to an activating group) is 1. The van der Waals surface area contributed by atoms with Crippen LogP contribution in [0.2, 0.25) is 0 Å². The van der Waals surface area contributed by atoms with Crippen molar-refractivity contribution in [2.24, 2.45) is 17.2 Å². The first-order chi connectivity index (χ1) is 20.9. The molecule has 2 aliphatic carbocycles. The number of nitrogens with two attached hydrogens (primary N) is 3. The Hall–Kier alpha value is -1.17. The zero-order valence-electron chi connectivity index (χ0n) is 24.6. The topological polar surface area (TPSA) is 302 Å². The number of ether oxygens (including phenoxy) is 4. The van der Waals surface area contributed by atoms with Gasteiger partial charge in [-0.05, 0) is 19.9 Å². The first-order valence-electron chi connectivity index (χ1n) is 15.2. The van der Waals surface area contributed by atoms with Crippen LogP contribution in [-0.2, 0) is 23.7 Å². The van der Waals surface area contributed by atoms with Crippen LogP contribution in [0.15, 0.2) is 0 Å². The summed E-state index contributed by atoms with van der Waals surface area (Å²) in [6.45, 7) is 0.850. The summed E-state index contributed by atoms with van der Waals surface area (Å²) in [7, 11) is 1.62. The summed E-state index contributed by atoms with van der Waals surface area (Å²) in [5, 5.41) is 75.9. The van der Waals surface area contributed by atoms with Gasteiger partial charge in [0.2, 0.25) is 0 Å². The number of carbonyl (C=O) groups is 1. The quantitative estimate of drug-likeness (QED) is 0.100. The van der Waals surface area contributed by atoms with Crippen LogP contribution in [0.4, 0.5) is 0 Å². The normalized spacial score (nSPS) is 49.7. The van der Waals surface area contributed by atoms with E-state index < -0.39 is 110 Å². The SMILES string of the molecule is CNC1CC1(O)C(=O)N[C@@H]1C[C@H](N)C(O[C@H]2O[C@H](CN)[C@@H](O)C[C@H]2NC2CNC2)[C@H](O)[C@H]1O[C@H]1O[C@H](CO)[C@@H](O)[C@H](N)[C@H]1O. The van der Waals surface area contributed by atoms with E-state index in [1.807, 2.05) is 0 Å². The average molecular weight is 636 g/mol. The summed E-state index contributed by atoms with van der Waals surface area (Å²) in [5.74, 6) is -0.701. The molecule has 18 nitrogen and oxygen atoms in total. The Bertz CT molecular complexity index is 985. The third-order valence-electron chi connectivity index (χ3n) is 9.55. The minimum absolute atomic E-state index is 0.0136. The second-order valence-electron chi connectivity index (χ2n) is 12.6. The number of aliphatic hydroxyl groups excluding tert-OH is 5. The van der Waals surface area contributed by atoms with Crippen molar-refractivity contribution in [3.63, 3.8) is 0 Å². The van der Waals surface area contributed by atoms with Gasteiger partial charge in [0.25, 0.3) is 5.91 Å². The number of amides is 1. The van der Waals surface area contributed by atoms with E-state index in [4.69, 9.17) is 36.1 Å². The Kier molecular flexibility index (Phi) is 10.8. The van der Waals surface area contributed by atoms with E-state index in [0.29, 0.717) is 0 Å². The van der Waals surface area contributed by atoms with Gasteiger partial charge in [0.1, 0.15) is 36.6 Å². The van der Waals surface area contributed by atoms with Crippen molar-refractivity contribution in [1.82, 2.24) is 21.3 Å². The van der Waals surface area contributed by atoms with E-state index in [0.717, 1.165) is 13.1 Å². The lowest BCUT2D eigenvalue weighted by molar-refractivity contribution is -0.316. The highest BCUT2D eigenvalue weighted by atomic mass is 16.7. The fourth-order valence-electron chi connectivity index (χ4n) is 6.49. The van der Waals surface area contributed by atoms with Gasteiger partial charge in [0.05, 0.1) is 36.9 Å². The van der Waals surface area contributed by atoms with Crippen molar-refractivity contribution in [3.8, 4) is 0 Å². The van der Waals surface area contributed by atoms with Crippen LogP contribution >= 0.6 is 0 Å². The zero-order valence-corrected chi connectivity index (χ0v) is 24.6. The lowest BCUT2D eigenvalue weighted by Gasteiger charge is -2.49. The van der Waals surface area contributed by atoms with Crippen LogP contribution < -0.4 is 38.5 Å². The highest BCUT2D eigenvalue weighted by Crippen LogP contribution is 2.37. The maximum absolute atomic E-state index is 13.1. The highest BCUT2D eigenvalue weighted by molar-refractivity contribution is 5.89. The van der Waals surface area contributed by atoms with Gasteiger partial charge in [-0.1, -0.05) is 0 Å². The minimum Gasteiger partial charge on any atom is -0.394 e. The zero-order chi connectivity index (χ0) is 31.9. The molecule has 0 aromatic rings. The van der Waals surface area contributed by atoms with Gasteiger partial charge in [-0.15, -0.1) is 0 Å². The molecule has 44 heavy (non-hydrogen) atoms. The van der Waals surface area contributed by atoms with Gasteiger partial charge in [-0.3, -0.25) is 4.79 Å². The van der Waals surface area contributed by atoms with Crippen LogP contribution in [-0.4, -0.2) is 173 Å². The largest absolute Gasteiger partial charge is 0.394 e. The van der Waals surface area contributed by atoms with Gasteiger partial charge in [-0.25, -0.2) is 0 Å². The summed E-state index contributed by atoms with van der Waals surface area (Å²) in [5.41, 5.74) is 16.6. The van der Waals surface area contributed by atoms with Crippen LogP contribution in [0.25, 0.3) is 0 Å². The van der Waals surface area contributed by atoms with Crippen molar-refractivity contribution in [1.29, 1.82) is 0 Å². The monoisotopic (exact) mass is 635 g/mol. The lowest BCUT2D eigenvalue weighted by atomic mass is 9.83. The van der Waals surface area contributed by atoms with Crippen molar-refractivity contribution in [3.05, 3.63) is 0 Å². The van der Waals surface area contributed by atoms with Gasteiger partial charge < -0.3 is 88.1 Å². The van der Waals surface area contributed by atoms with Crippen molar-refractivity contribution in [2.75, 3.05) is 33.3 Å². The number of rotatable bonds is 11. The third-order valence-corrected chi connectivity index (χ3v) is 9.55. The molecular weight excluding hydrogens is 586 g/mol. The Morgan fingerprint density at radius 2 is 1.66 bits per heavy atom. The Labute approximate surface area is 254 Å². The first kappa shape index (κ1) is 34.2. The summed E-state index contributed by atoms with van der Waals surface area (Å²) in [6.07, 6.45) is -11.7. The van der Waals surface area contributed by atoms with Crippen LogP contribution in [0.1, 0.15) is 19.3 Å². The molecule has 0 radical (unpaired) electrons. The predicted octanol–water partition coefficient (Wildman–Crippen LogP) is -7.81. The van der Waals surface area contributed by atoms with Gasteiger partial charge in [0, 0.05) is 44.2 Å². The highest BCUT2D eigenvalue weighted by Gasteiger charge is 2.60. The summed E-state index contributed by atoms with van der Waals surface area (Å²) in [6, 6.07) is -3.91. The smallest absolute Gasteiger partial charge is 0.253 e. The molecule has 0 aromatic carbocycles. The molecule has 18 heteroatoms. The second-order valence-corrected chi connectivity index (χ2v) is 12.6. The Morgan fingerprint density at radius 3 is 2.25 bits per heavy atom. The van der Waals surface area contributed by atoms with E-state index in [9.17, 15) is 35.4 Å². The molecule has 0 bridgehead atoms. The van der Waals surface area contributed by atoms with Gasteiger partial charge in [-0.2, -0.15) is 0 Å². The van der Waals surface area contributed by atoms with Crippen LogP contribution in [0.5, 0.6) is 0 Å². The van der Waals surface area contributed by atoms with E-state index >= 15 is 0 Å². The van der Waals surface area contributed by atoms with Gasteiger partial charge in [0.15, 0.2) is 18.2 Å². The molecule has 16 atom stereocenters. The fourth-order valence-corrected chi connectivity index (χ4v) is 6.49. The van der Waals surface area contributed by atoms with Crippen molar-refractivity contribution < 1.29 is 54.4 Å². The number of carbonyl (C=O) groups excluding carboxylic acids is 1. The molecule has 254 valence electrons. The minimum atomic E-state index is -1.67. The molecule has 5 fully saturated rings. The standard InChI is InChI=1S/C26H49N7O11/c1-30-16-4-26(16,40)25(39)33-11-2-10(28)21(20(38)22(11)44-24-19(37)17(29)18(36)15(8-34)42-24)43-23-12(32-9-6-31-7-9)3-13(35)14(5-27)41-23/h9-24,30-32,34-38,40H,2-8,27-29H2,1H3,(H,33,39)/t10-,11+,12+,13-,14+,15+,16?,17-,18+,19+,20-,21?,22-,23+,24+,26?/m0/s1. The lowest BCUT2D eigenvalue weighted by Crippen LogP contribution is -2.70. The van der Waals surface area contributed by atoms with E-state index in [1.54, 1.807) is 7.05 Å². The molecule has 3 aliphatic heterocycles. The molecule has 3 saturated heterocycles. The van der Waals surface area contributed by atoms with Crippen LogP contribution in [0.3, 0.4) is 0 Å². The van der Waals surface area contributed by atoms with E-state index in [1.165, 1.54) is 0 Å². The number of aliphatic hydroxyl groups is 6. The molecule has 5 aliphatic rings. The molecule has 16 N–H and O–H groups in total. The molecule has 5 rings (SSSR count). The van der Waals surface area contributed by atoms with E-state index in [2.05, 4.69) is 21.3 Å². The second kappa shape index (κ2) is 13.9. The maximum Gasteiger partial charge on any atom is 0.253 e. The molecule has 3 unspecified atom stereocenters. The van der Waals surface area contributed by atoms with Crippen LogP contribution in [0, 0.1) is 0 Å². The van der Waals surface area contributed by atoms with Crippen molar-refractivity contribution in [2.45, 2.75) is 123 Å². The third kappa shape index (κ3) is 6.77. The van der Waals surface area contributed by atoms with Crippen molar-refractivity contribution >= 4 is 5.91 Å². The molecule has 0 aromatic heterocycles. The number of hydrogen-bond donors (Lipinski definition) is 13. The molecule has 2 saturated carbocycles. The molecule has 1 amide bonds. The predicted molar refractivity (Wildman–Crippen MR) is 150 cm³/mol. The van der Waals surface area contributed by atoms with E-state index in [-0.39, 0.29) is 31.8 Å². The average Bonchev–Trinajstić information content (AvgIpc) is 3.67. The molecule has 0 spiro atoms. The first-order valence-corrected chi connectivity index (χ1v) is 15.2. The summed E-state index contributed by atoms with van der Waals surface area (Å²) in [4.78, 5) is 13.1.